The zero-order chi connectivity index (χ0) is 15.2. The average molecular weight is 292 g/mol. The van der Waals surface area contributed by atoms with E-state index in [0.29, 0.717) is 25.9 Å². The van der Waals surface area contributed by atoms with E-state index >= 15 is 0 Å². The Kier molecular flexibility index (Phi) is 5.10. The SMILES string of the molecule is CC(=O)N[C@H]1CCN(C(=O)/C=C/c2cnc[nH]2)CC[C@@H]1O. The summed E-state index contributed by atoms with van der Waals surface area (Å²) in [7, 11) is 0. The molecule has 2 amide bonds. The van der Waals surface area contributed by atoms with Crippen LogP contribution in [0.4, 0.5) is 0 Å². The van der Waals surface area contributed by atoms with E-state index in [4.69, 9.17) is 0 Å². The lowest BCUT2D eigenvalue weighted by atomic mass is 10.1. The molecule has 21 heavy (non-hydrogen) atoms. The summed E-state index contributed by atoms with van der Waals surface area (Å²) < 4.78 is 0. The number of hydrogen-bond acceptors (Lipinski definition) is 4. The molecule has 114 valence electrons. The summed E-state index contributed by atoms with van der Waals surface area (Å²) >= 11 is 0. The Labute approximate surface area is 123 Å². The smallest absolute Gasteiger partial charge is 0.246 e. The first-order chi connectivity index (χ1) is 10.1. The summed E-state index contributed by atoms with van der Waals surface area (Å²) in [5.41, 5.74) is 0.759. The number of aliphatic hydroxyl groups is 1. The molecular weight excluding hydrogens is 272 g/mol. The van der Waals surface area contributed by atoms with Crippen molar-refractivity contribution in [2.75, 3.05) is 13.1 Å². The van der Waals surface area contributed by atoms with Crippen LogP contribution < -0.4 is 5.32 Å². The van der Waals surface area contributed by atoms with Crippen LogP contribution in [0.25, 0.3) is 6.08 Å². The highest BCUT2D eigenvalue weighted by Gasteiger charge is 2.26. The number of rotatable bonds is 3. The van der Waals surface area contributed by atoms with Crippen LogP contribution in [0.1, 0.15) is 25.5 Å². The molecule has 7 heteroatoms. The molecule has 0 aliphatic carbocycles. The number of likely N-dealkylation sites (tertiary alicyclic amines) is 1. The van der Waals surface area contributed by atoms with Crippen molar-refractivity contribution in [1.29, 1.82) is 0 Å². The normalized spacial score (nSPS) is 23.0. The molecule has 2 rings (SSSR count). The van der Waals surface area contributed by atoms with Crippen LogP contribution in [0.2, 0.25) is 0 Å². The van der Waals surface area contributed by atoms with Crippen LogP contribution >= 0.6 is 0 Å². The molecule has 1 saturated heterocycles. The molecule has 1 aromatic heterocycles. The predicted molar refractivity (Wildman–Crippen MR) is 77.0 cm³/mol. The summed E-state index contributed by atoms with van der Waals surface area (Å²) in [5, 5.41) is 12.7. The summed E-state index contributed by atoms with van der Waals surface area (Å²) in [5.74, 6) is -0.279. The highest BCUT2D eigenvalue weighted by molar-refractivity contribution is 5.91. The van der Waals surface area contributed by atoms with Crippen LogP contribution in [0.5, 0.6) is 0 Å². The third kappa shape index (κ3) is 4.42. The van der Waals surface area contributed by atoms with E-state index < -0.39 is 6.10 Å². The van der Waals surface area contributed by atoms with Gasteiger partial charge in [-0.2, -0.15) is 0 Å². The topological polar surface area (TPSA) is 98.3 Å². The van der Waals surface area contributed by atoms with Gasteiger partial charge in [0.15, 0.2) is 0 Å². The first kappa shape index (κ1) is 15.2. The maximum atomic E-state index is 12.1. The van der Waals surface area contributed by atoms with Gasteiger partial charge in [0.05, 0.1) is 30.4 Å². The molecule has 0 radical (unpaired) electrons. The molecule has 2 heterocycles. The van der Waals surface area contributed by atoms with E-state index in [0.717, 1.165) is 5.69 Å². The van der Waals surface area contributed by atoms with Gasteiger partial charge in [-0.1, -0.05) is 0 Å². The van der Waals surface area contributed by atoms with Gasteiger partial charge < -0.3 is 20.3 Å². The van der Waals surface area contributed by atoms with Gasteiger partial charge in [-0.15, -0.1) is 0 Å². The van der Waals surface area contributed by atoms with Crippen molar-refractivity contribution in [3.8, 4) is 0 Å². The predicted octanol–water partition coefficient (Wildman–Crippen LogP) is -0.0891. The van der Waals surface area contributed by atoms with Crippen LogP contribution in [0.3, 0.4) is 0 Å². The minimum atomic E-state index is -0.622. The van der Waals surface area contributed by atoms with Gasteiger partial charge in [0.25, 0.3) is 0 Å². The summed E-state index contributed by atoms with van der Waals surface area (Å²) in [6.45, 7) is 2.41. The molecule has 1 aliphatic heterocycles. The molecule has 7 nitrogen and oxygen atoms in total. The van der Waals surface area contributed by atoms with Crippen LogP contribution in [0, 0.1) is 0 Å². The zero-order valence-corrected chi connectivity index (χ0v) is 12.0. The number of aromatic amines is 1. The number of aliphatic hydroxyl groups excluding tert-OH is 1. The number of nitrogens with zero attached hydrogens (tertiary/aromatic N) is 2. The molecule has 1 aliphatic rings. The summed E-state index contributed by atoms with van der Waals surface area (Å²) in [6.07, 6.45) is 6.70. The van der Waals surface area contributed by atoms with Gasteiger partial charge in [0, 0.05) is 26.1 Å². The second-order valence-corrected chi connectivity index (χ2v) is 5.12. The number of nitrogens with one attached hydrogen (secondary N) is 2. The second kappa shape index (κ2) is 7.03. The van der Waals surface area contributed by atoms with Gasteiger partial charge in [0.1, 0.15) is 0 Å². The highest BCUT2D eigenvalue weighted by atomic mass is 16.3. The zero-order valence-electron chi connectivity index (χ0n) is 12.0. The third-order valence-corrected chi connectivity index (χ3v) is 3.49. The fraction of sp³-hybridized carbons (Fsp3) is 0.500. The van der Waals surface area contributed by atoms with Gasteiger partial charge in [-0.3, -0.25) is 9.59 Å². The summed E-state index contributed by atoms with van der Waals surface area (Å²) in [6, 6.07) is -0.295. The molecular formula is C14H20N4O3. The number of aromatic nitrogens is 2. The lowest BCUT2D eigenvalue weighted by Crippen LogP contribution is -2.42. The molecule has 3 N–H and O–H groups in total. The molecule has 0 spiro atoms. The number of carbonyl (C=O) groups is 2. The van der Waals surface area contributed by atoms with Crippen molar-refractivity contribution in [3.63, 3.8) is 0 Å². The van der Waals surface area contributed by atoms with E-state index in [1.165, 1.54) is 13.0 Å². The van der Waals surface area contributed by atoms with Crippen molar-refractivity contribution in [1.82, 2.24) is 20.2 Å². The Morgan fingerprint density at radius 3 is 2.90 bits per heavy atom. The molecule has 1 fully saturated rings. The standard InChI is InChI=1S/C14H20N4O3/c1-10(19)17-12-4-6-18(7-5-13(12)20)14(21)3-2-11-8-15-9-16-11/h2-3,8-9,12-13,20H,4-7H2,1H3,(H,15,16)(H,17,19)/b3-2+/t12-,13-/m0/s1. The van der Waals surface area contributed by atoms with Crippen molar-refractivity contribution in [2.45, 2.75) is 31.9 Å². The monoisotopic (exact) mass is 292 g/mol. The fourth-order valence-electron chi connectivity index (χ4n) is 2.36. The van der Waals surface area contributed by atoms with Crippen LogP contribution in [0.15, 0.2) is 18.6 Å². The minimum absolute atomic E-state index is 0.111. The Morgan fingerprint density at radius 1 is 1.48 bits per heavy atom. The lowest BCUT2D eigenvalue weighted by Gasteiger charge is -2.20. The van der Waals surface area contributed by atoms with Gasteiger partial charge in [-0.25, -0.2) is 4.98 Å². The number of hydrogen-bond donors (Lipinski definition) is 3. The molecule has 0 aromatic carbocycles. The van der Waals surface area contributed by atoms with Crippen molar-refractivity contribution < 1.29 is 14.7 Å². The second-order valence-electron chi connectivity index (χ2n) is 5.12. The maximum absolute atomic E-state index is 12.1. The van der Waals surface area contributed by atoms with Crippen LogP contribution in [-0.4, -0.2) is 57.0 Å². The number of amides is 2. The van der Waals surface area contributed by atoms with Gasteiger partial charge >= 0.3 is 0 Å². The molecule has 1 aromatic rings. The average Bonchev–Trinajstić information content (AvgIpc) is 2.89. The molecule has 2 atom stereocenters. The van der Waals surface area contributed by atoms with E-state index in [9.17, 15) is 14.7 Å². The Hall–Kier alpha value is -2.15. The number of imidazole rings is 1. The van der Waals surface area contributed by atoms with E-state index in [1.807, 2.05) is 0 Å². The highest BCUT2D eigenvalue weighted by Crippen LogP contribution is 2.13. The van der Waals surface area contributed by atoms with E-state index in [2.05, 4.69) is 15.3 Å². The molecule has 0 saturated carbocycles. The first-order valence-corrected chi connectivity index (χ1v) is 6.97. The molecule has 0 bridgehead atoms. The van der Waals surface area contributed by atoms with Gasteiger partial charge in [-0.05, 0) is 18.9 Å². The first-order valence-electron chi connectivity index (χ1n) is 6.97. The third-order valence-electron chi connectivity index (χ3n) is 3.49. The number of carbonyl (C=O) groups excluding carboxylic acids is 2. The Morgan fingerprint density at radius 2 is 2.24 bits per heavy atom. The Balaban J connectivity index is 1.92. The van der Waals surface area contributed by atoms with Gasteiger partial charge in [0.2, 0.25) is 11.8 Å². The van der Waals surface area contributed by atoms with E-state index in [1.54, 1.807) is 23.5 Å². The largest absolute Gasteiger partial charge is 0.391 e. The van der Waals surface area contributed by atoms with Crippen molar-refractivity contribution in [3.05, 3.63) is 24.3 Å². The van der Waals surface area contributed by atoms with E-state index in [-0.39, 0.29) is 17.9 Å². The number of H-pyrrole nitrogens is 1. The minimum Gasteiger partial charge on any atom is -0.391 e. The van der Waals surface area contributed by atoms with Crippen molar-refractivity contribution in [2.24, 2.45) is 0 Å². The van der Waals surface area contributed by atoms with Crippen molar-refractivity contribution >= 4 is 17.9 Å². The molecule has 0 unspecified atom stereocenters. The summed E-state index contributed by atoms with van der Waals surface area (Å²) in [4.78, 5) is 31.6. The maximum Gasteiger partial charge on any atom is 0.246 e. The fourth-order valence-corrected chi connectivity index (χ4v) is 2.36. The Bertz CT molecular complexity index is 512. The van der Waals surface area contributed by atoms with Crippen LogP contribution in [-0.2, 0) is 9.59 Å². The lowest BCUT2D eigenvalue weighted by molar-refractivity contribution is -0.126. The quantitative estimate of drug-likeness (QED) is 0.678.